The number of aryl methyl sites for hydroxylation is 1. The van der Waals surface area contributed by atoms with E-state index in [2.05, 4.69) is 4.98 Å². The first-order chi connectivity index (χ1) is 11.8. The van der Waals surface area contributed by atoms with Crippen molar-refractivity contribution in [3.8, 4) is 0 Å². The van der Waals surface area contributed by atoms with E-state index in [-0.39, 0.29) is 81.0 Å². The maximum atomic E-state index is 12.4. The SMILES string of the molecule is CCCc1c2[nH]cc(C(=O)[O-])c(=O)c2cc2c(=O)cc(C(=O)[O-])oc12.[Na+].[Na+]. The van der Waals surface area contributed by atoms with Crippen LogP contribution in [0.1, 0.15) is 39.8 Å². The van der Waals surface area contributed by atoms with Crippen LogP contribution in [0.2, 0.25) is 0 Å². The molecule has 0 atom stereocenters. The predicted octanol–water partition coefficient (Wildman–Crippen LogP) is -6.68. The van der Waals surface area contributed by atoms with E-state index >= 15 is 0 Å². The predicted molar refractivity (Wildman–Crippen MR) is 83.3 cm³/mol. The summed E-state index contributed by atoms with van der Waals surface area (Å²) in [5.41, 5.74) is -1.31. The van der Waals surface area contributed by atoms with Crippen LogP contribution in [0.15, 0.2) is 32.3 Å². The molecule has 8 nitrogen and oxygen atoms in total. The molecule has 2 heterocycles. The number of benzene rings is 1. The Kier molecular flexibility index (Phi) is 8.03. The number of aromatic nitrogens is 1. The number of carbonyl (C=O) groups is 2. The first kappa shape index (κ1) is 23.6. The fourth-order valence-corrected chi connectivity index (χ4v) is 2.80. The monoisotopic (exact) mass is 387 g/mol. The van der Waals surface area contributed by atoms with Crippen LogP contribution in [0.5, 0.6) is 0 Å². The van der Waals surface area contributed by atoms with Gasteiger partial charge in [0.15, 0.2) is 16.6 Å². The summed E-state index contributed by atoms with van der Waals surface area (Å²) in [6.45, 7) is 1.85. The van der Waals surface area contributed by atoms with Crippen molar-refractivity contribution in [3.63, 3.8) is 0 Å². The Bertz CT molecular complexity index is 1160. The third-order valence-electron chi connectivity index (χ3n) is 3.89. The number of rotatable bonds is 4. The smallest absolute Gasteiger partial charge is 0.545 e. The van der Waals surface area contributed by atoms with Gasteiger partial charge in [0, 0.05) is 23.2 Å². The van der Waals surface area contributed by atoms with Crippen LogP contribution < -0.4 is 80.2 Å². The Balaban J connectivity index is 0.00000182. The molecule has 0 aliphatic rings. The third kappa shape index (κ3) is 4.21. The molecule has 1 N–H and O–H groups in total. The van der Waals surface area contributed by atoms with E-state index in [9.17, 15) is 29.4 Å². The first-order valence-electron chi connectivity index (χ1n) is 7.43. The first-order valence-corrected chi connectivity index (χ1v) is 7.43. The van der Waals surface area contributed by atoms with Gasteiger partial charge >= 0.3 is 59.1 Å². The van der Waals surface area contributed by atoms with E-state index in [0.29, 0.717) is 18.4 Å². The molecule has 0 saturated heterocycles. The summed E-state index contributed by atoms with van der Waals surface area (Å²) >= 11 is 0. The number of hydrogen-bond donors (Lipinski definition) is 1. The van der Waals surface area contributed by atoms with E-state index in [1.54, 1.807) is 0 Å². The second-order valence-corrected chi connectivity index (χ2v) is 5.49. The molecular weight excluding hydrogens is 376 g/mol. The standard InChI is InChI=1S/C17H13NO7.2Na/c1-2-3-7-13-9(14(20)10(6-18-13)16(21)22)4-8-11(19)5-12(17(23)24)25-15(7)8;;/h4-6H,2-3H2,1H3,(H,18,20)(H,21,22)(H,23,24);;/q;2*+1/p-2. The van der Waals surface area contributed by atoms with Crippen molar-refractivity contribution in [2.45, 2.75) is 19.8 Å². The van der Waals surface area contributed by atoms with E-state index in [4.69, 9.17) is 4.42 Å². The van der Waals surface area contributed by atoms with Crippen LogP contribution >= 0.6 is 0 Å². The van der Waals surface area contributed by atoms with Gasteiger partial charge in [-0.15, -0.1) is 0 Å². The molecular formula is C17H11NNa2O7. The third-order valence-corrected chi connectivity index (χ3v) is 3.89. The minimum atomic E-state index is -1.64. The van der Waals surface area contributed by atoms with Crippen molar-refractivity contribution in [2.24, 2.45) is 0 Å². The second kappa shape index (κ2) is 9.18. The van der Waals surface area contributed by atoms with Crippen molar-refractivity contribution in [1.29, 1.82) is 0 Å². The molecule has 0 aliphatic carbocycles. The van der Waals surface area contributed by atoms with Crippen LogP contribution in [-0.2, 0) is 6.42 Å². The van der Waals surface area contributed by atoms with Crippen LogP contribution in [-0.4, -0.2) is 16.9 Å². The minimum Gasteiger partial charge on any atom is -0.545 e. The average Bonchev–Trinajstić information content (AvgIpc) is 2.55. The molecule has 0 fully saturated rings. The number of fused-ring (bicyclic) bond motifs is 2. The second-order valence-electron chi connectivity index (χ2n) is 5.49. The van der Waals surface area contributed by atoms with E-state index in [1.807, 2.05) is 6.92 Å². The molecule has 2 aromatic heterocycles. The molecule has 128 valence electrons. The largest absolute Gasteiger partial charge is 1.00 e. The van der Waals surface area contributed by atoms with Crippen molar-refractivity contribution in [2.75, 3.05) is 0 Å². The van der Waals surface area contributed by atoms with E-state index in [1.165, 1.54) is 6.07 Å². The van der Waals surface area contributed by atoms with Crippen molar-refractivity contribution < 1.29 is 83.3 Å². The minimum absolute atomic E-state index is 0. The Labute approximate surface area is 196 Å². The van der Waals surface area contributed by atoms with Crippen molar-refractivity contribution >= 4 is 33.8 Å². The average molecular weight is 387 g/mol. The van der Waals surface area contributed by atoms with Gasteiger partial charge in [-0.2, -0.15) is 0 Å². The fourth-order valence-electron chi connectivity index (χ4n) is 2.80. The van der Waals surface area contributed by atoms with Crippen molar-refractivity contribution in [1.82, 2.24) is 4.98 Å². The molecule has 0 aliphatic heterocycles. The van der Waals surface area contributed by atoms with Gasteiger partial charge in [0.25, 0.3) is 0 Å². The number of aromatic amines is 1. The zero-order valence-electron chi connectivity index (χ0n) is 15.0. The zero-order valence-corrected chi connectivity index (χ0v) is 19.0. The summed E-state index contributed by atoms with van der Waals surface area (Å²) in [4.78, 5) is 49.4. The molecule has 3 aromatic rings. The summed E-state index contributed by atoms with van der Waals surface area (Å²) in [7, 11) is 0. The van der Waals surface area contributed by atoms with Gasteiger partial charge in [-0.05, 0) is 12.5 Å². The molecule has 0 radical (unpaired) electrons. The van der Waals surface area contributed by atoms with Crippen LogP contribution in [0.4, 0.5) is 0 Å². The number of carbonyl (C=O) groups excluding carboxylic acids is 2. The number of carboxylic acid groups (broad SMARTS) is 2. The summed E-state index contributed by atoms with van der Waals surface area (Å²) in [6.07, 6.45) is 1.98. The van der Waals surface area contributed by atoms with Gasteiger partial charge in [0.2, 0.25) is 0 Å². The summed E-state index contributed by atoms with van der Waals surface area (Å²) in [5.74, 6) is -3.90. The summed E-state index contributed by atoms with van der Waals surface area (Å²) in [5, 5.41) is 22.1. The maximum absolute atomic E-state index is 12.4. The maximum Gasteiger partial charge on any atom is 1.00 e. The topological polar surface area (TPSA) is 143 Å². The molecule has 27 heavy (non-hydrogen) atoms. The Hall–Kier alpha value is -1.42. The van der Waals surface area contributed by atoms with Crippen LogP contribution in [0.3, 0.4) is 0 Å². The Morgan fingerprint density at radius 2 is 1.74 bits per heavy atom. The number of aromatic carboxylic acids is 2. The zero-order chi connectivity index (χ0) is 18.3. The summed E-state index contributed by atoms with van der Waals surface area (Å²) < 4.78 is 5.30. The van der Waals surface area contributed by atoms with Crippen LogP contribution in [0.25, 0.3) is 21.9 Å². The molecule has 10 heteroatoms. The molecule has 0 amide bonds. The van der Waals surface area contributed by atoms with E-state index < -0.39 is 34.1 Å². The number of carboxylic acids is 2. The number of nitrogens with one attached hydrogen (secondary N) is 1. The molecule has 0 bridgehead atoms. The van der Waals surface area contributed by atoms with Gasteiger partial charge < -0.3 is 29.2 Å². The number of H-pyrrole nitrogens is 1. The van der Waals surface area contributed by atoms with Crippen LogP contribution in [0, 0.1) is 0 Å². The quantitative estimate of drug-likeness (QED) is 0.346. The molecule has 0 unspecified atom stereocenters. The van der Waals surface area contributed by atoms with Gasteiger partial charge in [-0.1, -0.05) is 13.3 Å². The van der Waals surface area contributed by atoms with Gasteiger partial charge in [-0.25, -0.2) is 0 Å². The van der Waals surface area contributed by atoms with Gasteiger partial charge in [-0.3, -0.25) is 9.59 Å². The molecule has 1 aromatic carbocycles. The van der Waals surface area contributed by atoms with Gasteiger partial charge in [0.1, 0.15) is 11.6 Å². The fraction of sp³-hybridized carbons (Fsp3) is 0.176. The van der Waals surface area contributed by atoms with E-state index in [0.717, 1.165) is 12.3 Å². The van der Waals surface area contributed by atoms with Gasteiger partial charge in [0.05, 0.1) is 22.4 Å². The Morgan fingerprint density at radius 1 is 1.07 bits per heavy atom. The number of hydrogen-bond acceptors (Lipinski definition) is 7. The molecule has 0 spiro atoms. The molecule has 3 rings (SSSR count). The van der Waals surface area contributed by atoms with Crippen molar-refractivity contribution in [3.05, 3.63) is 55.7 Å². The molecule has 0 saturated carbocycles. The number of pyridine rings is 1. The normalized spacial score (nSPS) is 10.3. The summed E-state index contributed by atoms with van der Waals surface area (Å²) in [6, 6.07) is 1.95. The Morgan fingerprint density at radius 3 is 2.30 bits per heavy atom.